The molecule has 2 unspecified atom stereocenters. The summed E-state index contributed by atoms with van der Waals surface area (Å²) in [5, 5.41) is 9.04. The predicted octanol–water partition coefficient (Wildman–Crippen LogP) is 1.94. The van der Waals surface area contributed by atoms with Crippen LogP contribution in [-0.2, 0) is 5.41 Å². The van der Waals surface area contributed by atoms with Crippen LogP contribution in [0.3, 0.4) is 0 Å². The first-order chi connectivity index (χ1) is 8.69. The molecule has 4 nitrogen and oxygen atoms in total. The third-order valence-electron chi connectivity index (χ3n) is 3.18. The molecule has 1 aliphatic heterocycles. The normalized spacial score (nSPS) is 23.9. The number of nitrogens with zero attached hydrogens (tertiary/aromatic N) is 1. The van der Waals surface area contributed by atoms with Crippen molar-refractivity contribution in [2.45, 2.75) is 24.6 Å². The van der Waals surface area contributed by atoms with E-state index in [-0.39, 0.29) is 24.1 Å². The molecule has 0 amide bonds. The Balaban J connectivity index is 2.52. The number of nitrogens with two attached hydrogens (primary N) is 1. The van der Waals surface area contributed by atoms with Gasteiger partial charge in [-0.15, -0.1) is 0 Å². The quantitative estimate of drug-likeness (QED) is 0.819. The molecule has 2 atom stereocenters. The van der Waals surface area contributed by atoms with Crippen molar-refractivity contribution in [2.75, 3.05) is 13.2 Å². The van der Waals surface area contributed by atoms with Gasteiger partial charge < -0.3 is 15.6 Å². The third kappa shape index (κ3) is 2.37. The lowest BCUT2D eigenvalue weighted by atomic mass is 9.84. The Morgan fingerprint density at radius 2 is 2.26 bits per heavy atom. The molecule has 106 valence electrons. The van der Waals surface area contributed by atoms with Gasteiger partial charge in [-0.1, -0.05) is 18.5 Å². The number of alkyl halides is 3. The molecule has 0 fully saturated rings. The van der Waals surface area contributed by atoms with Crippen LogP contribution in [-0.4, -0.2) is 29.4 Å². The number of halogens is 4. The minimum absolute atomic E-state index is 0.182. The van der Waals surface area contributed by atoms with Gasteiger partial charge >= 0.3 is 6.18 Å². The second kappa shape index (κ2) is 4.50. The van der Waals surface area contributed by atoms with Crippen LogP contribution in [0.25, 0.3) is 0 Å². The van der Waals surface area contributed by atoms with Gasteiger partial charge in [-0.2, -0.15) is 13.2 Å². The van der Waals surface area contributed by atoms with Crippen molar-refractivity contribution in [3.63, 3.8) is 0 Å². The predicted molar refractivity (Wildman–Crippen MR) is 62.2 cm³/mol. The summed E-state index contributed by atoms with van der Waals surface area (Å²) in [6.07, 6.45) is -7.48. The number of ether oxygens (including phenoxy) is 1. The van der Waals surface area contributed by atoms with E-state index in [1.807, 2.05) is 0 Å². The maximum absolute atomic E-state index is 12.5. The Morgan fingerprint density at radius 1 is 1.63 bits per heavy atom. The second-order valence-electron chi connectivity index (χ2n) is 4.71. The Bertz CT molecular complexity index is 509. The number of hydrogen-bond acceptors (Lipinski definition) is 4. The standard InChI is InChI=1S/C11H12ClF3N2O2/c1-10(3-16)4-19-7-5(10)2-6(17-9(7)12)8(18)11(13,14)15/h2,8,18H,3-4,16H2,1H3. The molecule has 0 aliphatic carbocycles. The van der Waals surface area contributed by atoms with Gasteiger partial charge in [-0.05, 0) is 6.07 Å². The molecule has 1 aromatic rings. The number of rotatable bonds is 2. The molecule has 0 saturated heterocycles. The molecule has 0 spiro atoms. The SMILES string of the molecule is CC1(CN)COc2c1cc(C(O)C(F)(F)F)nc2Cl. The summed E-state index contributed by atoms with van der Waals surface area (Å²) in [7, 11) is 0. The van der Waals surface area contributed by atoms with Gasteiger partial charge in [0.25, 0.3) is 0 Å². The lowest BCUT2D eigenvalue weighted by Crippen LogP contribution is -2.33. The summed E-state index contributed by atoms with van der Waals surface area (Å²) in [6.45, 7) is 2.15. The van der Waals surface area contributed by atoms with E-state index in [0.29, 0.717) is 5.56 Å². The fourth-order valence-corrected chi connectivity index (χ4v) is 2.15. The number of fused-ring (bicyclic) bond motifs is 1. The lowest BCUT2D eigenvalue weighted by molar-refractivity contribution is -0.208. The van der Waals surface area contributed by atoms with Crippen LogP contribution in [0.4, 0.5) is 13.2 Å². The number of aliphatic hydroxyl groups is 1. The van der Waals surface area contributed by atoms with Crippen LogP contribution in [0.5, 0.6) is 5.75 Å². The molecule has 2 heterocycles. The summed E-state index contributed by atoms with van der Waals surface area (Å²) < 4.78 is 42.8. The van der Waals surface area contributed by atoms with Gasteiger partial charge in [0.2, 0.25) is 0 Å². The molecular weight excluding hydrogens is 285 g/mol. The fraction of sp³-hybridized carbons (Fsp3) is 0.545. The zero-order chi connectivity index (χ0) is 14.4. The summed E-state index contributed by atoms with van der Waals surface area (Å²) >= 11 is 5.80. The Morgan fingerprint density at radius 3 is 2.79 bits per heavy atom. The van der Waals surface area contributed by atoms with Crippen LogP contribution >= 0.6 is 11.6 Å². The van der Waals surface area contributed by atoms with Crippen molar-refractivity contribution in [1.29, 1.82) is 0 Å². The largest absolute Gasteiger partial charge is 0.489 e. The highest BCUT2D eigenvalue weighted by Crippen LogP contribution is 2.44. The van der Waals surface area contributed by atoms with E-state index in [4.69, 9.17) is 22.1 Å². The molecule has 3 N–H and O–H groups in total. The minimum atomic E-state index is -4.80. The molecule has 0 saturated carbocycles. The first-order valence-corrected chi connectivity index (χ1v) is 5.85. The van der Waals surface area contributed by atoms with Crippen LogP contribution in [0.15, 0.2) is 6.07 Å². The molecule has 1 aliphatic rings. The summed E-state index contributed by atoms with van der Waals surface area (Å²) in [6, 6.07) is 1.15. The highest BCUT2D eigenvalue weighted by atomic mass is 35.5. The van der Waals surface area contributed by atoms with Crippen LogP contribution in [0.2, 0.25) is 5.15 Å². The van der Waals surface area contributed by atoms with Crippen molar-refractivity contribution >= 4 is 11.6 Å². The molecule has 8 heteroatoms. The highest BCUT2D eigenvalue weighted by Gasteiger charge is 2.43. The van der Waals surface area contributed by atoms with E-state index in [1.54, 1.807) is 6.92 Å². The van der Waals surface area contributed by atoms with Gasteiger partial charge in [0, 0.05) is 17.5 Å². The van der Waals surface area contributed by atoms with E-state index < -0.39 is 23.4 Å². The number of aliphatic hydroxyl groups excluding tert-OH is 1. The Hall–Kier alpha value is -1.05. The first kappa shape index (κ1) is 14.4. The smallest absolute Gasteiger partial charge is 0.420 e. The third-order valence-corrected chi connectivity index (χ3v) is 3.43. The van der Waals surface area contributed by atoms with E-state index in [0.717, 1.165) is 6.07 Å². The van der Waals surface area contributed by atoms with Crippen LogP contribution in [0, 0.1) is 0 Å². The van der Waals surface area contributed by atoms with Gasteiger partial charge in [0.15, 0.2) is 17.0 Å². The van der Waals surface area contributed by atoms with Crippen molar-refractivity contribution in [1.82, 2.24) is 4.98 Å². The molecule has 0 radical (unpaired) electrons. The molecule has 2 rings (SSSR count). The minimum Gasteiger partial charge on any atom is -0.489 e. The number of hydrogen-bond donors (Lipinski definition) is 2. The lowest BCUT2D eigenvalue weighted by Gasteiger charge is -2.21. The maximum atomic E-state index is 12.5. The van der Waals surface area contributed by atoms with Crippen LogP contribution < -0.4 is 10.5 Å². The number of pyridine rings is 1. The van der Waals surface area contributed by atoms with Crippen LogP contribution in [0.1, 0.15) is 24.3 Å². The molecule has 19 heavy (non-hydrogen) atoms. The topological polar surface area (TPSA) is 68.4 Å². The van der Waals surface area contributed by atoms with Crippen molar-refractivity contribution in [3.8, 4) is 5.75 Å². The van der Waals surface area contributed by atoms with Crippen molar-refractivity contribution in [2.24, 2.45) is 5.73 Å². The zero-order valence-corrected chi connectivity index (χ0v) is 10.7. The number of aromatic nitrogens is 1. The van der Waals surface area contributed by atoms with E-state index >= 15 is 0 Å². The summed E-state index contributed by atoms with van der Waals surface area (Å²) in [5.41, 5.74) is 4.86. The fourth-order valence-electron chi connectivity index (χ4n) is 1.89. The van der Waals surface area contributed by atoms with Gasteiger partial charge in [0.1, 0.15) is 0 Å². The van der Waals surface area contributed by atoms with Gasteiger partial charge in [0.05, 0.1) is 12.3 Å². The molecule has 0 aromatic carbocycles. The molecular formula is C11H12ClF3N2O2. The summed E-state index contributed by atoms with van der Waals surface area (Å²) in [5.74, 6) is 0.229. The zero-order valence-electron chi connectivity index (χ0n) is 9.96. The van der Waals surface area contributed by atoms with Crippen molar-refractivity contribution in [3.05, 3.63) is 22.5 Å². The monoisotopic (exact) mass is 296 g/mol. The average Bonchev–Trinajstić information content (AvgIpc) is 2.66. The highest BCUT2D eigenvalue weighted by molar-refractivity contribution is 6.31. The Kier molecular flexibility index (Phi) is 3.40. The average molecular weight is 297 g/mol. The van der Waals surface area contributed by atoms with Gasteiger partial charge in [-0.25, -0.2) is 4.98 Å². The molecule has 0 bridgehead atoms. The van der Waals surface area contributed by atoms with Crippen molar-refractivity contribution < 1.29 is 23.0 Å². The molecule has 1 aromatic heterocycles. The van der Waals surface area contributed by atoms with Gasteiger partial charge in [-0.3, -0.25) is 0 Å². The maximum Gasteiger partial charge on any atom is 0.420 e. The Labute approximate surface area is 112 Å². The summed E-state index contributed by atoms with van der Waals surface area (Å²) in [4.78, 5) is 3.54. The van der Waals surface area contributed by atoms with E-state index in [1.165, 1.54) is 0 Å². The van der Waals surface area contributed by atoms with E-state index in [9.17, 15) is 18.3 Å². The second-order valence-corrected chi connectivity index (χ2v) is 5.07. The van der Waals surface area contributed by atoms with E-state index in [2.05, 4.69) is 4.98 Å². The first-order valence-electron chi connectivity index (χ1n) is 5.47.